The summed E-state index contributed by atoms with van der Waals surface area (Å²) in [5, 5.41) is 17.6. The molecule has 1 aliphatic heterocycles. The number of hydrogen-bond donors (Lipinski definition) is 2. The topological polar surface area (TPSA) is 87.0 Å². The number of aliphatic carboxylic acids is 2. The first-order chi connectivity index (χ1) is 6.30. The van der Waals surface area contributed by atoms with Gasteiger partial charge in [0, 0.05) is 6.21 Å². The maximum atomic E-state index is 10.8. The molecule has 0 saturated carbocycles. The first-order valence-corrected chi connectivity index (χ1v) is 4.04. The number of rotatable bonds is 2. The van der Waals surface area contributed by atoms with Crippen LogP contribution in [0.25, 0.3) is 0 Å². The number of hydrogen-bond acceptors (Lipinski definition) is 3. The molecule has 1 aliphatic rings. The second-order valence-electron chi connectivity index (χ2n) is 3.63. The number of carbonyl (C=O) groups is 2. The molecule has 14 heavy (non-hydrogen) atoms. The smallest absolute Gasteiger partial charge is 0.335 e. The quantitative estimate of drug-likeness (QED) is 0.633. The van der Waals surface area contributed by atoms with E-state index in [0.29, 0.717) is 0 Å². The molecule has 2 atom stereocenters. The molecule has 0 aliphatic carbocycles. The fourth-order valence-electron chi connectivity index (χ4n) is 0.943. The normalized spacial score (nSPS) is 35.6. The van der Waals surface area contributed by atoms with E-state index in [1.54, 1.807) is 0 Å². The minimum absolute atomic E-state index is 1.05. The van der Waals surface area contributed by atoms with Crippen molar-refractivity contribution in [2.45, 2.75) is 19.4 Å². The van der Waals surface area contributed by atoms with Gasteiger partial charge < -0.3 is 10.2 Å². The lowest BCUT2D eigenvalue weighted by Crippen LogP contribution is -2.38. The molecular formula is C9H11NO4. The van der Waals surface area contributed by atoms with E-state index >= 15 is 0 Å². The lowest BCUT2D eigenvalue weighted by molar-refractivity contribution is -0.143. The van der Waals surface area contributed by atoms with E-state index < -0.39 is 22.9 Å². The Bertz CT molecular complexity index is 297. The molecule has 0 amide bonds. The Labute approximate surface area is 80.8 Å². The van der Waals surface area contributed by atoms with Gasteiger partial charge in [0.2, 0.25) is 0 Å². The van der Waals surface area contributed by atoms with Gasteiger partial charge in [0.15, 0.2) is 5.54 Å². The molecule has 1 rings (SSSR count). The van der Waals surface area contributed by atoms with Gasteiger partial charge in [0.25, 0.3) is 0 Å². The second-order valence-corrected chi connectivity index (χ2v) is 3.63. The molecule has 76 valence electrons. The van der Waals surface area contributed by atoms with Crippen LogP contribution in [0.5, 0.6) is 0 Å². The molecule has 0 fully saturated rings. The van der Waals surface area contributed by atoms with Crippen LogP contribution in [0.4, 0.5) is 0 Å². The summed E-state index contributed by atoms with van der Waals surface area (Å²) in [4.78, 5) is 25.3. The highest BCUT2D eigenvalue weighted by atomic mass is 16.4. The van der Waals surface area contributed by atoms with Crippen molar-refractivity contribution in [1.29, 1.82) is 0 Å². The van der Waals surface area contributed by atoms with Gasteiger partial charge in [-0.05, 0) is 19.9 Å². The first kappa shape index (κ1) is 10.4. The summed E-state index contributed by atoms with van der Waals surface area (Å²) in [7, 11) is 0. The molecule has 2 N–H and O–H groups in total. The van der Waals surface area contributed by atoms with Gasteiger partial charge in [-0.15, -0.1) is 0 Å². The zero-order valence-corrected chi connectivity index (χ0v) is 7.89. The van der Waals surface area contributed by atoms with Crippen molar-refractivity contribution in [3.05, 3.63) is 12.2 Å². The third kappa shape index (κ3) is 1.53. The molecule has 0 aromatic heterocycles. The minimum atomic E-state index is -1.34. The van der Waals surface area contributed by atoms with Crippen molar-refractivity contribution in [3.8, 4) is 0 Å². The molecule has 0 saturated heterocycles. The maximum Gasteiger partial charge on any atom is 0.335 e. The molecule has 0 aromatic rings. The summed E-state index contributed by atoms with van der Waals surface area (Å²) in [6, 6.07) is 0. The maximum absolute atomic E-state index is 10.8. The zero-order valence-electron chi connectivity index (χ0n) is 7.89. The van der Waals surface area contributed by atoms with Crippen molar-refractivity contribution in [2.24, 2.45) is 10.4 Å². The monoisotopic (exact) mass is 197 g/mol. The largest absolute Gasteiger partial charge is 0.480 e. The SMILES string of the molecule is CC1(C(=O)O)C=CC(C)(C(=O)O)N=C1. The van der Waals surface area contributed by atoms with E-state index in [0.717, 1.165) is 6.21 Å². The van der Waals surface area contributed by atoms with Gasteiger partial charge in [-0.3, -0.25) is 9.79 Å². The van der Waals surface area contributed by atoms with Gasteiger partial charge in [-0.1, -0.05) is 6.08 Å². The predicted octanol–water partition coefficient (Wildman–Crippen LogP) is 0.561. The van der Waals surface area contributed by atoms with E-state index in [1.165, 1.54) is 26.0 Å². The fourth-order valence-corrected chi connectivity index (χ4v) is 0.943. The molecule has 1 heterocycles. The van der Waals surface area contributed by atoms with E-state index in [4.69, 9.17) is 10.2 Å². The van der Waals surface area contributed by atoms with Crippen LogP contribution in [0.3, 0.4) is 0 Å². The van der Waals surface area contributed by atoms with E-state index in [1.807, 2.05) is 0 Å². The van der Waals surface area contributed by atoms with Crippen LogP contribution in [0.1, 0.15) is 13.8 Å². The van der Waals surface area contributed by atoms with Crippen molar-refractivity contribution in [1.82, 2.24) is 0 Å². The molecule has 5 nitrogen and oxygen atoms in total. The minimum Gasteiger partial charge on any atom is -0.480 e. The Morgan fingerprint density at radius 3 is 2.00 bits per heavy atom. The third-order valence-corrected chi connectivity index (χ3v) is 2.25. The van der Waals surface area contributed by atoms with Gasteiger partial charge >= 0.3 is 11.9 Å². The number of carboxylic acid groups (broad SMARTS) is 2. The number of dihydropyridines is 1. The molecule has 0 spiro atoms. The molecular weight excluding hydrogens is 186 g/mol. The zero-order chi connectivity index (χ0) is 11.0. The summed E-state index contributed by atoms with van der Waals surface area (Å²) in [6.45, 7) is 2.86. The van der Waals surface area contributed by atoms with Crippen molar-refractivity contribution >= 4 is 18.2 Å². The van der Waals surface area contributed by atoms with Crippen molar-refractivity contribution in [3.63, 3.8) is 0 Å². The fraction of sp³-hybridized carbons (Fsp3) is 0.444. The lowest BCUT2D eigenvalue weighted by atomic mass is 9.85. The average Bonchev–Trinajstić information content (AvgIpc) is 2.10. The van der Waals surface area contributed by atoms with Gasteiger partial charge in [0.05, 0.1) is 0 Å². The summed E-state index contributed by atoms with van der Waals surface area (Å²) in [5.41, 5.74) is -2.54. The Balaban J connectivity index is 3.01. The van der Waals surface area contributed by atoms with Crippen LogP contribution in [-0.4, -0.2) is 33.9 Å². The van der Waals surface area contributed by atoms with Crippen molar-refractivity contribution in [2.75, 3.05) is 0 Å². The Hall–Kier alpha value is -1.65. The highest BCUT2D eigenvalue weighted by Gasteiger charge is 2.38. The Kier molecular flexibility index (Phi) is 2.19. The summed E-state index contributed by atoms with van der Waals surface area (Å²) in [6.07, 6.45) is 3.80. The van der Waals surface area contributed by atoms with Crippen LogP contribution in [0, 0.1) is 5.41 Å². The average molecular weight is 197 g/mol. The van der Waals surface area contributed by atoms with Crippen LogP contribution in [0.2, 0.25) is 0 Å². The Morgan fingerprint density at radius 2 is 1.71 bits per heavy atom. The summed E-state index contributed by atoms with van der Waals surface area (Å²) in [5.74, 6) is -2.15. The second kappa shape index (κ2) is 2.94. The third-order valence-electron chi connectivity index (χ3n) is 2.25. The lowest BCUT2D eigenvalue weighted by Gasteiger charge is -2.25. The van der Waals surface area contributed by atoms with Gasteiger partial charge in [-0.25, -0.2) is 4.79 Å². The van der Waals surface area contributed by atoms with E-state index in [9.17, 15) is 9.59 Å². The molecule has 0 aromatic carbocycles. The van der Waals surface area contributed by atoms with Gasteiger partial charge in [-0.2, -0.15) is 0 Å². The molecule has 0 radical (unpaired) electrons. The standard InChI is InChI=1S/C9H11NO4/c1-8(6(11)12)3-4-9(2,7(13)14)10-5-8/h3-5H,1-2H3,(H,11,12)(H,13,14). The van der Waals surface area contributed by atoms with Crippen LogP contribution >= 0.6 is 0 Å². The number of carboxylic acids is 2. The van der Waals surface area contributed by atoms with E-state index in [-0.39, 0.29) is 0 Å². The highest BCUT2D eigenvalue weighted by Crippen LogP contribution is 2.26. The Morgan fingerprint density at radius 1 is 1.14 bits per heavy atom. The number of nitrogens with zero attached hydrogens (tertiary/aromatic N) is 1. The first-order valence-electron chi connectivity index (χ1n) is 4.04. The molecule has 5 heteroatoms. The van der Waals surface area contributed by atoms with Crippen molar-refractivity contribution < 1.29 is 19.8 Å². The molecule has 2 unspecified atom stereocenters. The van der Waals surface area contributed by atoms with Crippen LogP contribution in [-0.2, 0) is 9.59 Å². The van der Waals surface area contributed by atoms with Crippen LogP contribution < -0.4 is 0 Å². The van der Waals surface area contributed by atoms with Gasteiger partial charge in [0.1, 0.15) is 5.41 Å². The highest BCUT2D eigenvalue weighted by molar-refractivity contribution is 5.99. The summed E-state index contributed by atoms with van der Waals surface area (Å²) < 4.78 is 0. The summed E-state index contributed by atoms with van der Waals surface area (Å²) >= 11 is 0. The van der Waals surface area contributed by atoms with Crippen LogP contribution in [0.15, 0.2) is 17.1 Å². The van der Waals surface area contributed by atoms with E-state index in [2.05, 4.69) is 4.99 Å². The molecule has 0 bridgehead atoms. The predicted molar refractivity (Wildman–Crippen MR) is 49.4 cm³/mol. The number of aliphatic imine (C=N–C) groups is 1.